The number of hydrogen-bond donors (Lipinski definition) is 2. The zero-order chi connectivity index (χ0) is 23.0. The summed E-state index contributed by atoms with van der Waals surface area (Å²) in [6.07, 6.45) is 7.37. The molecule has 0 aliphatic carbocycles. The van der Waals surface area contributed by atoms with Gasteiger partial charge in [-0.15, -0.1) is 0 Å². The van der Waals surface area contributed by atoms with Gasteiger partial charge in [-0.05, 0) is 98.8 Å². The second kappa shape index (κ2) is 11.1. The monoisotopic (exact) mass is 442 g/mol. The van der Waals surface area contributed by atoms with Gasteiger partial charge >= 0.3 is 0 Å². The summed E-state index contributed by atoms with van der Waals surface area (Å²) in [6, 6.07) is 19.9. The van der Waals surface area contributed by atoms with Gasteiger partial charge in [0.05, 0.1) is 5.56 Å². The minimum Gasteiger partial charge on any atom is -0.380 e. The molecule has 33 heavy (non-hydrogen) atoms. The Hall–Kier alpha value is -3.18. The summed E-state index contributed by atoms with van der Waals surface area (Å²) in [6.45, 7) is 5.37. The van der Waals surface area contributed by atoms with Gasteiger partial charge in [0.25, 0.3) is 5.91 Å². The number of pyridine rings is 1. The molecule has 1 aliphatic rings. The van der Waals surface area contributed by atoms with E-state index in [1.165, 1.54) is 37.9 Å². The molecule has 4 rings (SSSR count). The largest absolute Gasteiger partial charge is 0.380 e. The standard InChI is InChI=1S/C28H34N4O/c1-21(19-22-13-17-32(2)18-14-22)24-7-9-25(10-8-24)31-28(33)26-5-3-4-6-27(26)30-20-23-11-15-29-16-12-23/h3-12,15-16,21-22,30H,13-14,17-20H2,1-2H3,(H,31,33). The maximum atomic E-state index is 13.0. The van der Waals surface area contributed by atoms with Crippen LogP contribution in [0.3, 0.4) is 0 Å². The lowest BCUT2D eigenvalue weighted by Gasteiger charge is -2.30. The third-order valence-electron chi connectivity index (χ3n) is 6.67. The molecule has 1 unspecified atom stereocenters. The van der Waals surface area contributed by atoms with E-state index in [9.17, 15) is 4.79 Å². The normalized spacial score (nSPS) is 15.7. The number of likely N-dealkylation sites (tertiary alicyclic amines) is 1. The molecule has 1 amide bonds. The third kappa shape index (κ3) is 6.42. The van der Waals surface area contributed by atoms with Gasteiger partial charge < -0.3 is 15.5 Å². The Morgan fingerprint density at radius 1 is 1.03 bits per heavy atom. The van der Waals surface area contributed by atoms with E-state index >= 15 is 0 Å². The summed E-state index contributed by atoms with van der Waals surface area (Å²) in [7, 11) is 2.21. The van der Waals surface area contributed by atoms with Gasteiger partial charge in [-0.2, -0.15) is 0 Å². The van der Waals surface area contributed by atoms with Crippen molar-refractivity contribution in [3.63, 3.8) is 0 Å². The van der Waals surface area contributed by atoms with Gasteiger partial charge in [0.2, 0.25) is 0 Å². The molecular formula is C28H34N4O. The molecule has 3 aromatic rings. The molecule has 1 fully saturated rings. The van der Waals surface area contributed by atoms with Gasteiger partial charge in [0, 0.05) is 30.3 Å². The smallest absolute Gasteiger partial charge is 0.257 e. The van der Waals surface area contributed by atoms with Gasteiger partial charge in [-0.3, -0.25) is 9.78 Å². The van der Waals surface area contributed by atoms with Crippen LogP contribution in [0.5, 0.6) is 0 Å². The average Bonchev–Trinajstić information content (AvgIpc) is 2.85. The second-order valence-corrected chi connectivity index (χ2v) is 9.21. The molecular weight excluding hydrogens is 408 g/mol. The molecule has 2 aromatic carbocycles. The predicted molar refractivity (Wildman–Crippen MR) is 136 cm³/mol. The van der Waals surface area contributed by atoms with Crippen molar-refractivity contribution in [3.05, 3.63) is 89.7 Å². The van der Waals surface area contributed by atoms with Gasteiger partial charge in [-0.1, -0.05) is 31.2 Å². The van der Waals surface area contributed by atoms with Crippen LogP contribution >= 0.6 is 0 Å². The van der Waals surface area contributed by atoms with E-state index in [1.54, 1.807) is 12.4 Å². The highest BCUT2D eigenvalue weighted by molar-refractivity contribution is 6.08. The zero-order valence-corrected chi connectivity index (χ0v) is 19.6. The van der Waals surface area contributed by atoms with Crippen molar-refractivity contribution in [2.24, 2.45) is 5.92 Å². The Morgan fingerprint density at radius 2 is 1.73 bits per heavy atom. The maximum Gasteiger partial charge on any atom is 0.257 e. The van der Waals surface area contributed by atoms with Crippen LogP contribution in [-0.4, -0.2) is 35.9 Å². The molecule has 0 radical (unpaired) electrons. The van der Waals surface area contributed by atoms with Crippen molar-refractivity contribution < 1.29 is 4.79 Å². The highest BCUT2D eigenvalue weighted by Crippen LogP contribution is 2.30. The number of amides is 1. The predicted octanol–water partition coefficient (Wildman–Crippen LogP) is 5.78. The summed E-state index contributed by atoms with van der Waals surface area (Å²) in [5, 5.41) is 6.42. The van der Waals surface area contributed by atoms with E-state index in [2.05, 4.69) is 46.6 Å². The van der Waals surface area contributed by atoms with Crippen molar-refractivity contribution in [1.82, 2.24) is 9.88 Å². The van der Waals surface area contributed by atoms with Crippen molar-refractivity contribution >= 4 is 17.3 Å². The number of carbonyl (C=O) groups is 1. The highest BCUT2D eigenvalue weighted by atomic mass is 16.1. The fourth-order valence-electron chi connectivity index (χ4n) is 4.56. The Balaban J connectivity index is 1.35. The lowest BCUT2D eigenvalue weighted by Crippen LogP contribution is -2.30. The number of rotatable bonds is 8. The van der Waals surface area contributed by atoms with Crippen molar-refractivity contribution in [1.29, 1.82) is 0 Å². The zero-order valence-electron chi connectivity index (χ0n) is 19.6. The number of aromatic nitrogens is 1. The topological polar surface area (TPSA) is 57.3 Å². The van der Waals surface area contributed by atoms with Crippen LogP contribution in [0.2, 0.25) is 0 Å². The molecule has 1 saturated heterocycles. The number of hydrogen-bond acceptors (Lipinski definition) is 4. The van der Waals surface area contributed by atoms with E-state index < -0.39 is 0 Å². The minimum atomic E-state index is -0.111. The minimum absolute atomic E-state index is 0.111. The number of nitrogens with zero attached hydrogens (tertiary/aromatic N) is 2. The Labute approximate surface area is 197 Å². The molecule has 2 heterocycles. The first-order valence-corrected chi connectivity index (χ1v) is 11.9. The van der Waals surface area contributed by atoms with E-state index in [0.717, 1.165) is 22.9 Å². The fraction of sp³-hybridized carbons (Fsp3) is 0.357. The van der Waals surface area contributed by atoms with Crippen LogP contribution in [0.25, 0.3) is 0 Å². The molecule has 0 spiro atoms. The summed E-state index contributed by atoms with van der Waals surface area (Å²) in [5.41, 5.74) is 4.72. The van der Waals surface area contributed by atoms with E-state index in [-0.39, 0.29) is 5.91 Å². The maximum absolute atomic E-state index is 13.0. The van der Waals surface area contributed by atoms with Crippen LogP contribution in [-0.2, 0) is 6.54 Å². The third-order valence-corrected chi connectivity index (χ3v) is 6.67. The van der Waals surface area contributed by atoms with Crippen molar-refractivity contribution in [2.45, 2.75) is 38.6 Å². The summed E-state index contributed by atoms with van der Waals surface area (Å²) in [5.74, 6) is 1.23. The Morgan fingerprint density at radius 3 is 2.45 bits per heavy atom. The van der Waals surface area contributed by atoms with Crippen LogP contribution in [0.1, 0.15) is 53.6 Å². The van der Waals surface area contributed by atoms with Gasteiger partial charge in [-0.25, -0.2) is 0 Å². The van der Waals surface area contributed by atoms with Crippen molar-refractivity contribution in [2.75, 3.05) is 30.8 Å². The Kier molecular flexibility index (Phi) is 7.74. The number of piperidine rings is 1. The molecule has 0 saturated carbocycles. The van der Waals surface area contributed by atoms with E-state index in [4.69, 9.17) is 0 Å². The first-order valence-electron chi connectivity index (χ1n) is 11.9. The van der Waals surface area contributed by atoms with Crippen LogP contribution in [0.15, 0.2) is 73.1 Å². The average molecular weight is 443 g/mol. The molecule has 0 bridgehead atoms. The highest BCUT2D eigenvalue weighted by Gasteiger charge is 2.20. The lowest BCUT2D eigenvalue weighted by atomic mass is 9.85. The lowest BCUT2D eigenvalue weighted by molar-refractivity contribution is 0.102. The second-order valence-electron chi connectivity index (χ2n) is 9.21. The van der Waals surface area contributed by atoms with Crippen LogP contribution < -0.4 is 10.6 Å². The molecule has 5 nitrogen and oxygen atoms in total. The first-order chi connectivity index (χ1) is 16.1. The number of anilines is 2. The molecule has 1 atom stereocenters. The van der Waals surface area contributed by atoms with Crippen LogP contribution in [0.4, 0.5) is 11.4 Å². The van der Waals surface area contributed by atoms with Gasteiger partial charge in [0.15, 0.2) is 0 Å². The fourth-order valence-corrected chi connectivity index (χ4v) is 4.56. The van der Waals surface area contributed by atoms with Crippen LogP contribution in [0, 0.1) is 5.92 Å². The van der Waals surface area contributed by atoms with Gasteiger partial charge in [0.1, 0.15) is 0 Å². The first kappa shape index (κ1) is 23.0. The number of para-hydroxylation sites is 1. The SMILES string of the molecule is CC(CC1CCN(C)CC1)c1ccc(NC(=O)c2ccccc2NCc2ccncc2)cc1. The van der Waals surface area contributed by atoms with E-state index in [1.807, 2.05) is 48.5 Å². The summed E-state index contributed by atoms with van der Waals surface area (Å²) >= 11 is 0. The summed E-state index contributed by atoms with van der Waals surface area (Å²) in [4.78, 5) is 19.5. The molecule has 1 aromatic heterocycles. The number of nitrogens with one attached hydrogen (secondary N) is 2. The van der Waals surface area contributed by atoms with E-state index in [0.29, 0.717) is 18.0 Å². The molecule has 1 aliphatic heterocycles. The molecule has 2 N–H and O–H groups in total. The molecule has 172 valence electrons. The quantitative estimate of drug-likeness (QED) is 0.464. The number of carbonyl (C=O) groups excluding carboxylic acids is 1. The van der Waals surface area contributed by atoms with Crippen molar-refractivity contribution in [3.8, 4) is 0 Å². The summed E-state index contributed by atoms with van der Waals surface area (Å²) < 4.78 is 0. The Bertz CT molecular complexity index is 1030. The number of benzene rings is 2. The molecule has 5 heteroatoms.